The standard InChI is InChI=1S/C30H32N4O4/c35-27(31-20-24-10-4-1-5-11-24)21-33-23-34(25-12-6-2-7-13-25)30(29(33)37)16-18-32(19-17-30)28(36)22-38-26-14-8-3-9-15-26/h1-15H,16-23H2,(H,31,35). The van der Waals surface area contributed by atoms with Crippen LogP contribution in [0.3, 0.4) is 0 Å². The molecule has 0 bridgehead atoms. The fourth-order valence-electron chi connectivity index (χ4n) is 5.23. The smallest absolute Gasteiger partial charge is 0.260 e. The Morgan fingerprint density at radius 2 is 1.45 bits per heavy atom. The summed E-state index contributed by atoms with van der Waals surface area (Å²) in [5.41, 5.74) is 1.14. The van der Waals surface area contributed by atoms with Crippen LogP contribution in [0.25, 0.3) is 0 Å². The van der Waals surface area contributed by atoms with Gasteiger partial charge >= 0.3 is 0 Å². The lowest BCUT2D eigenvalue weighted by Crippen LogP contribution is -2.58. The molecular weight excluding hydrogens is 480 g/mol. The summed E-state index contributed by atoms with van der Waals surface area (Å²) in [7, 11) is 0. The number of piperidine rings is 1. The van der Waals surface area contributed by atoms with E-state index >= 15 is 0 Å². The van der Waals surface area contributed by atoms with Gasteiger partial charge in [-0.2, -0.15) is 0 Å². The van der Waals surface area contributed by atoms with Crippen LogP contribution in [0.1, 0.15) is 18.4 Å². The van der Waals surface area contributed by atoms with Crippen LogP contribution < -0.4 is 15.0 Å². The van der Waals surface area contributed by atoms with Crippen molar-refractivity contribution in [3.63, 3.8) is 0 Å². The van der Waals surface area contributed by atoms with Crippen LogP contribution in [0.4, 0.5) is 5.69 Å². The highest BCUT2D eigenvalue weighted by atomic mass is 16.5. The van der Waals surface area contributed by atoms with Gasteiger partial charge in [0.25, 0.3) is 11.8 Å². The minimum Gasteiger partial charge on any atom is -0.484 e. The molecule has 1 spiro atoms. The van der Waals surface area contributed by atoms with Crippen molar-refractivity contribution in [1.29, 1.82) is 0 Å². The van der Waals surface area contributed by atoms with Gasteiger partial charge in [0.1, 0.15) is 17.8 Å². The zero-order valence-electron chi connectivity index (χ0n) is 21.3. The van der Waals surface area contributed by atoms with Crippen LogP contribution >= 0.6 is 0 Å². The predicted octanol–water partition coefficient (Wildman–Crippen LogP) is 3.05. The van der Waals surface area contributed by atoms with E-state index in [4.69, 9.17) is 4.74 Å². The van der Waals surface area contributed by atoms with Crippen molar-refractivity contribution in [2.45, 2.75) is 24.9 Å². The molecule has 3 amide bonds. The molecule has 196 valence electrons. The Bertz CT molecular complexity index is 1250. The number of nitrogens with zero attached hydrogens (tertiary/aromatic N) is 3. The Kier molecular flexibility index (Phi) is 7.58. The summed E-state index contributed by atoms with van der Waals surface area (Å²) in [6.45, 7) is 1.58. The number of ether oxygens (including phenoxy) is 1. The minimum atomic E-state index is -0.794. The third kappa shape index (κ3) is 5.49. The van der Waals surface area contributed by atoms with Crippen molar-refractivity contribution in [2.24, 2.45) is 0 Å². The Labute approximate surface area is 222 Å². The van der Waals surface area contributed by atoms with E-state index in [1.807, 2.05) is 91.0 Å². The van der Waals surface area contributed by atoms with Crippen molar-refractivity contribution in [3.8, 4) is 5.75 Å². The first-order chi connectivity index (χ1) is 18.5. The largest absolute Gasteiger partial charge is 0.484 e. The molecule has 8 heteroatoms. The molecule has 0 aromatic heterocycles. The zero-order valence-corrected chi connectivity index (χ0v) is 21.3. The van der Waals surface area contributed by atoms with Crippen LogP contribution in [-0.2, 0) is 20.9 Å². The van der Waals surface area contributed by atoms with Gasteiger partial charge in [-0.3, -0.25) is 14.4 Å². The SMILES string of the molecule is O=C(CN1CN(c2ccccc2)C2(CCN(C(=O)COc3ccccc3)CC2)C1=O)NCc1ccccc1. The van der Waals surface area contributed by atoms with E-state index < -0.39 is 5.54 Å². The second-order valence-electron chi connectivity index (χ2n) is 9.68. The Morgan fingerprint density at radius 3 is 2.11 bits per heavy atom. The van der Waals surface area contributed by atoms with Gasteiger partial charge in [-0.1, -0.05) is 66.7 Å². The quantitative estimate of drug-likeness (QED) is 0.502. The number of para-hydroxylation sites is 2. The first kappa shape index (κ1) is 25.3. The van der Waals surface area contributed by atoms with Gasteiger partial charge in [0.15, 0.2) is 6.61 Å². The molecule has 0 saturated carbocycles. The molecule has 0 aliphatic carbocycles. The average molecular weight is 513 g/mol. The number of anilines is 1. The molecule has 0 atom stereocenters. The van der Waals surface area contributed by atoms with Gasteiger partial charge in [-0.05, 0) is 42.7 Å². The molecule has 5 rings (SSSR count). The lowest BCUT2D eigenvalue weighted by atomic mass is 9.85. The third-order valence-electron chi connectivity index (χ3n) is 7.30. The zero-order chi connectivity index (χ0) is 26.4. The number of hydrogen-bond donors (Lipinski definition) is 1. The Morgan fingerprint density at radius 1 is 0.842 bits per heavy atom. The molecule has 3 aromatic carbocycles. The van der Waals surface area contributed by atoms with Crippen LogP contribution in [0.5, 0.6) is 5.75 Å². The van der Waals surface area contributed by atoms with E-state index in [-0.39, 0.29) is 30.9 Å². The van der Waals surface area contributed by atoms with Crippen molar-refractivity contribution in [3.05, 3.63) is 96.6 Å². The molecular formula is C30H32N4O4. The summed E-state index contributed by atoms with van der Waals surface area (Å²) >= 11 is 0. The lowest BCUT2D eigenvalue weighted by molar-refractivity contribution is -0.140. The topological polar surface area (TPSA) is 82.2 Å². The van der Waals surface area contributed by atoms with Gasteiger partial charge in [-0.15, -0.1) is 0 Å². The molecule has 2 aliphatic rings. The van der Waals surface area contributed by atoms with Gasteiger partial charge in [0.2, 0.25) is 5.91 Å². The molecule has 38 heavy (non-hydrogen) atoms. The van der Waals surface area contributed by atoms with Crippen LogP contribution in [0, 0.1) is 0 Å². The van der Waals surface area contributed by atoms with E-state index in [2.05, 4.69) is 10.2 Å². The second kappa shape index (κ2) is 11.4. The maximum Gasteiger partial charge on any atom is 0.260 e. The molecule has 2 fully saturated rings. The number of nitrogens with one attached hydrogen (secondary N) is 1. The number of benzene rings is 3. The summed E-state index contributed by atoms with van der Waals surface area (Å²) in [5.74, 6) is 0.288. The maximum absolute atomic E-state index is 13.8. The van der Waals surface area contributed by atoms with Gasteiger partial charge in [-0.25, -0.2) is 0 Å². The number of carbonyl (C=O) groups is 3. The molecule has 8 nitrogen and oxygen atoms in total. The highest BCUT2D eigenvalue weighted by molar-refractivity contribution is 5.96. The fraction of sp³-hybridized carbons (Fsp3) is 0.300. The van der Waals surface area contributed by atoms with E-state index in [0.29, 0.717) is 44.9 Å². The molecule has 3 aromatic rings. The molecule has 2 heterocycles. The van der Waals surface area contributed by atoms with Gasteiger partial charge < -0.3 is 24.8 Å². The molecule has 1 N–H and O–H groups in total. The van der Waals surface area contributed by atoms with Crippen LogP contribution in [-0.4, -0.2) is 66.0 Å². The molecule has 0 unspecified atom stereocenters. The summed E-state index contributed by atoms with van der Waals surface area (Å²) in [6.07, 6.45) is 0.972. The number of likely N-dealkylation sites (tertiary alicyclic amines) is 1. The first-order valence-electron chi connectivity index (χ1n) is 12.9. The number of rotatable bonds is 8. The Hall–Kier alpha value is -4.33. The second-order valence-corrected chi connectivity index (χ2v) is 9.68. The fourth-order valence-corrected chi connectivity index (χ4v) is 5.23. The minimum absolute atomic E-state index is 0.00961. The van der Waals surface area contributed by atoms with Gasteiger partial charge in [0.05, 0.1) is 6.67 Å². The monoisotopic (exact) mass is 512 g/mol. The van der Waals surface area contributed by atoms with Crippen molar-refractivity contribution < 1.29 is 19.1 Å². The normalized spacial score (nSPS) is 16.5. The highest BCUT2D eigenvalue weighted by Crippen LogP contribution is 2.39. The number of carbonyl (C=O) groups excluding carboxylic acids is 3. The lowest BCUT2D eigenvalue weighted by Gasteiger charge is -2.43. The molecule has 0 radical (unpaired) electrons. The van der Waals surface area contributed by atoms with Gasteiger partial charge in [0, 0.05) is 25.3 Å². The van der Waals surface area contributed by atoms with Crippen molar-refractivity contribution in [2.75, 3.05) is 37.8 Å². The number of hydrogen-bond acceptors (Lipinski definition) is 5. The molecule has 2 saturated heterocycles. The van der Waals surface area contributed by atoms with Crippen LogP contribution in [0.2, 0.25) is 0 Å². The summed E-state index contributed by atoms with van der Waals surface area (Å²) < 4.78 is 5.64. The summed E-state index contributed by atoms with van der Waals surface area (Å²) in [5, 5.41) is 2.92. The summed E-state index contributed by atoms with van der Waals surface area (Å²) in [4.78, 5) is 44.9. The number of amides is 3. The van der Waals surface area contributed by atoms with E-state index in [9.17, 15) is 14.4 Å². The van der Waals surface area contributed by atoms with Crippen LogP contribution in [0.15, 0.2) is 91.0 Å². The maximum atomic E-state index is 13.8. The third-order valence-corrected chi connectivity index (χ3v) is 7.30. The van der Waals surface area contributed by atoms with Crippen molar-refractivity contribution >= 4 is 23.4 Å². The summed E-state index contributed by atoms with van der Waals surface area (Å²) in [6, 6.07) is 28.8. The average Bonchev–Trinajstić information content (AvgIpc) is 3.23. The van der Waals surface area contributed by atoms with E-state index in [1.54, 1.807) is 9.80 Å². The van der Waals surface area contributed by atoms with E-state index in [0.717, 1.165) is 11.3 Å². The van der Waals surface area contributed by atoms with Crippen molar-refractivity contribution in [1.82, 2.24) is 15.1 Å². The highest BCUT2D eigenvalue weighted by Gasteiger charge is 2.54. The first-order valence-corrected chi connectivity index (χ1v) is 12.9. The Balaban J connectivity index is 1.24. The van der Waals surface area contributed by atoms with E-state index in [1.165, 1.54) is 0 Å². The molecule has 2 aliphatic heterocycles. The predicted molar refractivity (Wildman–Crippen MR) is 144 cm³/mol.